The van der Waals surface area contributed by atoms with Crippen molar-refractivity contribution in [1.82, 2.24) is 0 Å². The number of carbonyl (C=O) groups excluding carboxylic acids is 2. The van der Waals surface area contributed by atoms with Gasteiger partial charge in [-0.3, -0.25) is 9.59 Å². The topological polar surface area (TPSA) is 61.4 Å². The van der Waals surface area contributed by atoms with Crippen LogP contribution in [-0.2, 0) is 9.59 Å². The monoisotopic (exact) mass is 367 g/mol. The Kier molecular flexibility index (Phi) is 8.36. The summed E-state index contributed by atoms with van der Waals surface area (Å²) in [5.41, 5.74) is 2.43. The molecule has 27 heavy (non-hydrogen) atoms. The fraction of sp³-hybridized carbons (Fsp3) is 0.364. The molecule has 2 rings (SSSR count). The molecule has 0 saturated carbocycles. The van der Waals surface area contributed by atoms with Crippen LogP contribution in [0.3, 0.4) is 0 Å². The van der Waals surface area contributed by atoms with Gasteiger partial charge in [-0.15, -0.1) is 0 Å². The number of amides is 2. The Labute approximate surface area is 161 Å². The van der Waals surface area contributed by atoms with E-state index in [1.807, 2.05) is 61.5 Å². The minimum atomic E-state index is -0.00213. The third-order valence-corrected chi connectivity index (χ3v) is 4.28. The molecule has 0 saturated heterocycles. The van der Waals surface area contributed by atoms with Gasteiger partial charge in [0.15, 0.2) is 0 Å². The maximum absolute atomic E-state index is 12.6. The molecule has 0 aromatic heterocycles. The number of anilines is 3. The maximum Gasteiger partial charge on any atom is 0.246 e. The second-order valence-corrected chi connectivity index (χ2v) is 6.41. The van der Waals surface area contributed by atoms with Crippen molar-refractivity contribution < 1.29 is 9.59 Å². The molecule has 0 aliphatic carbocycles. The van der Waals surface area contributed by atoms with E-state index >= 15 is 0 Å². The van der Waals surface area contributed by atoms with Crippen molar-refractivity contribution >= 4 is 28.9 Å². The Bertz CT molecular complexity index is 731. The highest BCUT2D eigenvalue weighted by molar-refractivity contribution is 5.96. The fourth-order valence-electron chi connectivity index (χ4n) is 2.85. The number of para-hydroxylation sites is 1. The maximum atomic E-state index is 12.6. The van der Waals surface area contributed by atoms with Crippen LogP contribution in [0.2, 0.25) is 0 Å². The van der Waals surface area contributed by atoms with Gasteiger partial charge in [0.1, 0.15) is 0 Å². The predicted octanol–water partition coefficient (Wildman–Crippen LogP) is 4.67. The van der Waals surface area contributed by atoms with Crippen LogP contribution >= 0.6 is 0 Å². The van der Waals surface area contributed by atoms with Crippen molar-refractivity contribution in [1.29, 1.82) is 0 Å². The Hall–Kier alpha value is -2.82. The van der Waals surface area contributed by atoms with Crippen molar-refractivity contribution in [2.75, 3.05) is 28.6 Å². The van der Waals surface area contributed by atoms with Gasteiger partial charge in [-0.2, -0.15) is 0 Å². The molecule has 2 aromatic carbocycles. The van der Waals surface area contributed by atoms with E-state index in [0.717, 1.165) is 36.3 Å². The molecule has 0 aliphatic heterocycles. The lowest BCUT2D eigenvalue weighted by molar-refractivity contribution is -0.117. The number of nitrogens with zero attached hydrogens (tertiary/aromatic N) is 1. The molecule has 0 unspecified atom stereocenters. The summed E-state index contributed by atoms with van der Waals surface area (Å²) >= 11 is 0. The van der Waals surface area contributed by atoms with Crippen molar-refractivity contribution in [3.8, 4) is 0 Å². The van der Waals surface area contributed by atoms with Crippen LogP contribution in [-0.4, -0.2) is 24.9 Å². The Morgan fingerprint density at radius 1 is 0.926 bits per heavy atom. The van der Waals surface area contributed by atoms with Gasteiger partial charge in [0, 0.05) is 30.0 Å². The molecule has 5 heteroatoms. The summed E-state index contributed by atoms with van der Waals surface area (Å²) in [4.78, 5) is 26.3. The summed E-state index contributed by atoms with van der Waals surface area (Å²) in [5.74, 6) is 0.0237. The van der Waals surface area contributed by atoms with Crippen LogP contribution in [0.4, 0.5) is 17.1 Å². The van der Waals surface area contributed by atoms with E-state index in [9.17, 15) is 9.59 Å². The van der Waals surface area contributed by atoms with E-state index in [-0.39, 0.29) is 18.4 Å². The molecule has 0 radical (unpaired) electrons. The van der Waals surface area contributed by atoms with E-state index in [1.165, 1.54) is 0 Å². The Morgan fingerprint density at radius 3 is 2.37 bits per heavy atom. The standard InChI is InChI=1S/C22H29N3O2/c1-3-5-7-15-21(26)24-19-12-10-11-18(16-19)23-17-22(27)25(4-2)20-13-8-6-9-14-20/h6,8-14,16,23H,3-5,7,15,17H2,1-2H3,(H,24,26). The smallest absolute Gasteiger partial charge is 0.246 e. The second kappa shape index (κ2) is 11.0. The van der Waals surface area contributed by atoms with Crippen LogP contribution in [0.1, 0.15) is 39.5 Å². The molecule has 0 aliphatic rings. The average molecular weight is 367 g/mol. The first-order chi connectivity index (χ1) is 13.1. The molecule has 0 fully saturated rings. The van der Waals surface area contributed by atoms with Crippen LogP contribution in [0.5, 0.6) is 0 Å². The molecular weight excluding hydrogens is 338 g/mol. The molecule has 2 aromatic rings. The lowest BCUT2D eigenvalue weighted by atomic mass is 10.2. The summed E-state index contributed by atoms with van der Waals surface area (Å²) in [7, 11) is 0. The quantitative estimate of drug-likeness (QED) is 0.600. The fourth-order valence-corrected chi connectivity index (χ4v) is 2.85. The zero-order chi connectivity index (χ0) is 19.5. The zero-order valence-electron chi connectivity index (χ0n) is 16.2. The minimum absolute atomic E-state index is 0.00213. The predicted molar refractivity (Wildman–Crippen MR) is 112 cm³/mol. The molecule has 0 bridgehead atoms. The van der Waals surface area contributed by atoms with Crippen LogP contribution in [0.25, 0.3) is 0 Å². The van der Waals surface area contributed by atoms with Gasteiger partial charge in [0.05, 0.1) is 6.54 Å². The highest BCUT2D eigenvalue weighted by atomic mass is 16.2. The lowest BCUT2D eigenvalue weighted by Gasteiger charge is -2.21. The molecular formula is C22H29N3O2. The van der Waals surface area contributed by atoms with Gasteiger partial charge >= 0.3 is 0 Å². The molecule has 0 atom stereocenters. The SMILES string of the molecule is CCCCCC(=O)Nc1cccc(NCC(=O)N(CC)c2ccccc2)c1. The normalized spacial score (nSPS) is 10.3. The summed E-state index contributed by atoms with van der Waals surface area (Å²) in [6, 6.07) is 17.1. The molecule has 5 nitrogen and oxygen atoms in total. The van der Waals surface area contributed by atoms with E-state index in [2.05, 4.69) is 17.6 Å². The molecule has 2 N–H and O–H groups in total. The number of likely N-dealkylation sites (N-methyl/N-ethyl adjacent to an activating group) is 1. The van der Waals surface area contributed by atoms with Gasteiger partial charge in [0.2, 0.25) is 11.8 Å². The highest BCUT2D eigenvalue weighted by Gasteiger charge is 2.13. The zero-order valence-corrected chi connectivity index (χ0v) is 16.2. The average Bonchev–Trinajstić information content (AvgIpc) is 2.68. The Balaban J connectivity index is 1.90. The molecule has 144 valence electrons. The van der Waals surface area contributed by atoms with Crippen molar-refractivity contribution in [3.05, 3.63) is 54.6 Å². The largest absolute Gasteiger partial charge is 0.376 e. The van der Waals surface area contributed by atoms with Crippen LogP contribution in [0, 0.1) is 0 Å². The minimum Gasteiger partial charge on any atom is -0.376 e. The number of hydrogen-bond acceptors (Lipinski definition) is 3. The number of carbonyl (C=O) groups is 2. The third-order valence-electron chi connectivity index (χ3n) is 4.28. The van der Waals surface area contributed by atoms with Crippen molar-refractivity contribution in [2.45, 2.75) is 39.5 Å². The lowest BCUT2D eigenvalue weighted by Crippen LogP contribution is -2.35. The summed E-state index contributed by atoms with van der Waals surface area (Å²) in [5, 5.41) is 6.07. The number of benzene rings is 2. The number of hydrogen-bond donors (Lipinski definition) is 2. The van der Waals surface area contributed by atoms with Gasteiger partial charge in [-0.25, -0.2) is 0 Å². The van der Waals surface area contributed by atoms with Gasteiger partial charge in [0.25, 0.3) is 0 Å². The first-order valence-corrected chi connectivity index (χ1v) is 9.63. The third kappa shape index (κ3) is 6.77. The molecule has 0 heterocycles. The van der Waals surface area contributed by atoms with Crippen molar-refractivity contribution in [2.24, 2.45) is 0 Å². The summed E-state index contributed by atoms with van der Waals surface area (Å²) in [6.45, 7) is 4.88. The van der Waals surface area contributed by atoms with Gasteiger partial charge < -0.3 is 15.5 Å². The first kappa shape index (κ1) is 20.5. The van der Waals surface area contributed by atoms with Gasteiger partial charge in [-0.05, 0) is 43.7 Å². The first-order valence-electron chi connectivity index (χ1n) is 9.63. The number of nitrogens with one attached hydrogen (secondary N) is 2. The summed E-state index contributed by atoms with van der Waals surface area (Å²) in [6.07, 6.45) is 3.60. The van der Waals surface area contributed by atoms with E-state index in [0.29, 0.717) is 13.0 Å². The van der Waals surface area contributed by atoms with Crippen molar-refractivity contribution in [3.63, 3.8) is 0 Å². The molecule has 2 amide bonds. The van der Waals surface area contributed by atoms with Crippen LogP contribution < -0.4 is 15.5 Å². The van der Waals surface area contributed by atoms with E-state index in [1.54, 1.807) is 4.90 Å². The molecule has 0 spiro atoms. The number of unbranched alkanes of at least 4 members (excludes halogenated alkanes) is 2. The Morgan fingerprint density at radius 2 is 1.67 bits per heavy atom. The summed E-state index contributed by atoms with van der Waals surface area (Å²) < 4.78 is 0. The van der Waals surface area contributed by atoms with Crippen LogP contribution in [0.15, 0.2) is 54.6 Å². The second-order valence-electron chi connectivity index (χ2n) is 6.41. The highest BCUT2D eigenvalue weighted by Crippen LogP contribution is 2.17. The number of rotatable bonds is 10. The van der Waals surface area contributed by atoms with E-state index in [4.69, 9.17) is 0 Å². The van der Waals surface area contributed by atoms with E-state index < -0.39 is 0 Å². The van der Waals surface area contributed by atoms with Gasteiger partial charge in [-0.1, -0.05) is 44.0 Å².